The van der Waals surface area contributed by atoms with E-state index in [1.54, 1.807) is 18.2 Å². The molecule has 1 fully saturated rings. The van der Waals surface area contributed by atoms with Crippen molar-refractivity contribution in [1.82, 2.24) is 5.32 Å². The number of carbonyl (C=O) groups is 2. The van der Waals surface area contributed by atoms with Crippen molar-refractivity contribution >= 4 is 40.6 Å². The van der Waals surface area contributed by atoms with Crippen LogP contribution in [-0.4, -0.2) is 24.2 Å². The number of benzene rings is 2. The Morgan fingerprint density at radius 3 is 2.62 bits per heavy atom. The number of amidine groups is 1. The number of carbonyl (C=O) groups excluding carboxylic acids is 2. The molecule has 0 radical (unpaired) electrons. The van der Waals surface area contributed by atoms with Crippen LogP contribution in [-0.2, 0) is 16.0 Å². The second kappa shape index (κ2) is 9.28. The predicted molar refractivity (Wildman–Crippen MR) is 127 cm³/mol. The average molecular weight is 447 g/mol. The van der Waals surface area contributed by atoms with Crippen LogP contribution in [0.15, 0.2) is 68.9 Å². The molecule has 1 aliphatic rings. The lowest BCUT2D eigenvalue weighted by Crippen LogP contribution is -2.19. The Bertz CT molecular complexity index is 1240. The molecule has 1 saturated heterocycles. The molecule has 3 aromatic rings. The zero-order valence-electron chi connectivity index (χ0n) is 18.0. The van der Waals surface area contributed by atoms with E-state index in [9.17, 15) is 9.59 Å². The highest BCUT2D eigenvalue weighted by atomic mass is 32.2. The molecule has 0 bridgehead atoms. The Morgan fingerprint density at radius 2 is 1.94 bits per heavy atom. The fourth-order valence-corrected chi connectivity index (χ4v) is 4.12. The minimum absolute atomic E-state index is 0.213. The zero-order valence-corrected chi connectivity index (χ0v) is 18.8. The van der Waals surface area contributed by atoms with Crippen LogP contribution >= 0.6 is 11.8 Å². The molecule has 2 aromatic carbocycles. The first-order valence-corrected chi connectivity index (χ1v) is 11.0. The summed E-state index contributed by atoms with van der Waals surface area (Å²) in [5.74, 6) is 0.616. The van der Waals surface area contributed by atoms with Gasteiger partial charge in [0.15, 0.2) is 5.17 Å². The lowest BCUT2D eigenvalue weighted by Gasteiger charge is -2.05. The van der Waals surface area contributed by atoms with E-state index >= 15 is 0 Å². The summed E-state index contributed by atoms with van der Waals surface area (Å²) in [5, 5.41) is 3.33. The number of rotatable bonds is 5. The van der Waals surface area contributed by atoms with Crippen LogP contribution in [0.5, 0.6) is 0 Å². The third kappa shape index (κ3) is 4.68. The summed E-state index contributed by atoms with van der Waals surface area (Å²) in [5.41, 5.74) is 4.26. The highest BCUT2D eigenvalue weighted by Crippen LogP contribution is 2.31. The summed E-state index contributed by atoms with van der Waals surface area (Å²) in [6.07, 6.45) is 2.67. The molecule has 0 spiro atoms. The van der Waals surface area contributed by atoms with Crippen molar-refractivity contribution in [2.75, 3.05) is 7.11 Å². The van der Waals surface area contributed by atoms with Crippen LogP contribution in [0, 0.1) is 6.92 Å². The maximum atomic E-state index is 12.4. The van der Waals surface area contributed by atoms with Gasteiger partial charge >= 0.3 is 5.97 Å². The molecule has 4 rings (SSSR count). The number of aryl methyl sites for hydroxylation is 2. The fraction of sp³-hybridized carbons (Fsp3) is 0.160. The van der Waals surface area contributed by atoms with Crippen LogP contribution in [0.1, 0.15) is 34.2 Å². The highest BCUT2D eigenvalue weighted by molar-refractivity contribution is 8.18. The normalized spacial score (nSPS) is 15.9. The molecule has 1 aromatic heterocycles. The summed E-state index contributed by atoms with van der Waals surface area (Å²) in [7, 11) is 1.35. The Hall–Kier alpha value is -3.58. The van der Waals surface area contributed by atoms with Crippen molar-refractivity contribution in [2.24, 2.45) is 4.99 Å². The monoisotopic (exact) mass is 446 g/mol. The van der Waals surface area contributed by atoms with Gasteiger partial charge in [-0.1, -0.05) is 25.1 Å². The van der Waals surface area contributed by atoms with Gasteiger partial charge in [0.05, 0.1) is 23.3 Å². The number of hydrogen-bond donors (Lipinski definition) is 1. The molecule has 6 nitrogen and oxygen atoms in total. The maximum Gasteiger partial charge on any atom is 0.337 e. The lowest BCUT2D eigenvalue weighted by atomic mass is 10.0. The maximum absolute atomic E-state index is 12.4. The van der Waals surface area contributed by atoms with E-state index in [4.69, 9.17) is 9.15 Å². The van der Waals surface area contributed by atoms with Gasteiger partial charge in [-0.25, -0.2) is 9.79 Å². The second-order valence-electron chi connectivity index (χ2n) is 7.23. The van der Waals surface area contributed by atoms with Gasteiger partial charge in [-0.2, -0.15) is 0 Å². The van der Waals surface area contributed by atoms with Crippen LogP contribution in [0.3, 0.4) is 0 Å². The number of thioether (sulfide) groups is 1. The van der Waals surface area contributed by atoms with Gasteiger partial charge in [0.25, 0.3) is 5.91 Å². The second-order valence-corrected chi connectivity index (χ2v) is 8.26. The molecule has 1 aliphatic heterocycles. The van der Waals surface area contributed by atoms with Crippen molar-refractivity contribution in [3.05, 3.63) is 82.0 Å². The molecule has 162 valence electrons. The topological polar surface area (TPSA) is 80.9 Å². The molecule has 0 aliphatic carbocycles. The Kier molecular flexibility index (Phi) is 6.28. The van der Waals surface area contributed by atoms with E-state index in [0.29, 0.717) is 27.2 Å². The lowest BCUT2D eigenvalue weighted by molar-refractivity contribution is -0.115. The summed E-state index contributed by atoms with van der Waals surface area (Å²) in [6, 6.07) is 16.9. The van der Waals surface area contributed by atoms with Gasteiger partial charge in [-0.3, -0.25) is 4.79 Å². The summed E-state index contributed by atoms with van der Waals surface area (Å²) in [6.45, 7) is 4.00. The molecule has 0 unspecified atom stereocenters. The third-order valence-electron chi connectivity index (χ3n) is 5.04. The highest BCUT2D eigenvalue weighted by Gasteiger charge is 2.24. The van der Waals surface area contributed by atoms with Crippen molar-refractivity contribution < 1.29 is 18.7 Å². The smallest absolute Gasteiger partial charge is 0.337 e. The van der Waals surface area contributed by atoms with E-state index < -0.39 is 0 Å². The first-order chi connectivity index (χ1) is 15.5. The molecule has 2 heterocycles. The standard InChI is InChI=1S/C25H22N2O4S/c1-4-16-5-8-18(9-6-16)26-25-27-23(28)22(32-25)14-19-10-12-21(31-19)20-11-7-17(13-15(20)2)24(29)30-3/h5-14H,4H2,1-3H3,(H,26,27,28)/b22-14-. The van der Waals surface area contributed by atoms with Gasteiger partial charge in [-0.15, -0.1) is 0 Å². The molecule has 1 N–H and O–H groups in total. The SMILES string of the molecule is CCc1ccc(N=C2NC(=O)/C(=C/c3ccc(-c4ccc(C(=O)OC)cc4C)o3)S2)cc1. The summed E-state index contributed by atoms with van der Waals surface area (Å²) >= 11 is 1.27. The van der Waals surface area contributed by atoms with E-state index in [1.165, 1.54) is 24.4 Å². The van der Waals surface area contributed by atoms with Gasteiger partial charge < -0.3 is 14.5 Å². The number of esters is 1. The van der Waals surface area contributed by atoms with Gasteiger partial charge in [-0.05, 0) is 72.6 Å². The zero-order chi connectivity index (χ0) is 22.7. The number of methoxy groups -OCH3 is 1. The van der Waals surface area contributed by atoms with Crippen molar-refractivity contribution in [3.63, 3.8) is 0 Å². The van der Waals surface area contributed by atoms with E-state index in [1.807, 2.05) is 49.4 Å². The van der Waals surface area contributed by atoms with E-state index in [0.717, 1.165) is 23.2 Å². The molecule has 32 heavy (non-hydrogen) atoms. The number of aliphatic imine (C=N–C) groups is 1. The fourth-order valence-electron chi connectivity index (χ4n) is 3.29. The molecule has 0 saturated carbocycles. The predicted octanol–water partition coefficient (Wildman–Crippen LogP) is 5.50. The Balaban J connectivity index is 1.52. The minimum atomic E-state index is -0.382. The molecular weight excluding hydrogens is 424 g/mol. The van der Waals surface area contributed by atoms with E-state index in [2.05, 4.69) is 17.2 Å². The quantitative estimate of drug-likeness (QED) is 0.414. The number of hydrogen-bond acceptors (Lipinski definition) is 6. The van der Waals surface area contributed by atoms with Crippen LogP contribution in [0.4, 0.5) is 5.69 Å². The molecule has 7 heteroatoms. The molecule has 0 atom stereocenters. The van der Waals surface area contributed by atoms with E-state index in [-0.39, 0.29) is 11.9 Å². The third-order valence-corrected chi connectivity index (χ3v) is 5.95. The summed E-state index contributed by atoms with van der Waals surface area (Å²) < 4.78 is 10.7. The Morgan fingerprint density at radius 1 is 1.16 bits per heavy atom. The first kappa shape index (κ1) is 21.6. The largest absolute Gasteiger partial charge is 0.465 e. The van der Waals surface area contributed by atoms with Crippen LogP contribution in [0.25, 0.3) is 17.4 Å². The summed E-state index contributed by atoms with van der Waals surface area (Å²) in [4.78, 5) is 29.1. The van der Waals surface area contributed by atoms with Gasteiger partial charge in [0.1, 0.15) is 11.5 Å². The number of furan rings is 1. The molecular formula is C25H22N2O4S. The number of nitrogens with one attached hydrogen (secondary N) is 1. The average Bonchev–Trinajstić information content (AvgIpc) is 3.40. The minimum Gasteiger partial charge on any atom is -0.465 e. The first-order valence-electron chi connectivity index (χ1n) is 10.1. The number of nitrogens with zero attached hydrogens (tertiary/aromatic N) is 1. The number of ether oxygens (including phenoxy) is 1. The van der Waals surface area contributed by atoms with Crippen LogP contribution in [0.2, 0.25) is 0 Å². The Labute approximate surface area is 190 Å². The van der Waals surface area contributed by atoms with Crippen molar-refractivity contribution in [3.8, 4) is 11.3 Å². The number of amides is 1. The van der Waals surface area contributed by atoms with Crippen LogP contribution < -0.4 is 5.32 Å². The molecule has 1 amide bonds. The van der Waals surface area contributed by atoms with Crippen molar-refractivity contribution in [2.45, 2.75) is 20.3 Å². The van der Waals surface area contributed by atoms with Crippen molar-refractivity contribution in [1.29, 1.82) is 0 Å². The van der Waals surface area contributed by atoms with Gasteiger partial charge in [0, 0.05) is 11.6 Å². The van der Waals surface area contributed by atoms with Gasteiger partial charge in [0.2, 0.25) is 0 Å².